The summed E-state index contributed by atoms with van der Waals surface area (Å²) in [4.78, 5) is 22.1. The average molecular weight is 214 g/mol. The van der Waals surface area contributed by atoms with Gasteiger partial charge in [0.15, 0.2) is 0 Å². The topological polar surface area (TPSA) is 78.4 Å². The minimum absolute atomic E-state index is 0.138. The Hall–Kier alpha value is -1.26. The predicted molar refractivity (Wildman–Crippen MR) is 55.6 cm³/mol. The van der Waals surface area contributed by atoms with Crippen LogP contribution in [0.3, 0.4) is 0 Å². The maximum Gasteiger partial charge on any atom is 0.326 e. The van der Waals surface area contributed by atoms with Gasteiger partial charge < -0.3 is 15.7 Å². The van der Waals surface area contributed by atoms with Crippen LogP contribution in [0.15, 0.2) is 0 Å². The second-order valence-corrected chi connectivity index (χ2v) is 4.31. The molecule has 0 saturated heterocycles. The molecular formula is C10H18N2O3. The summed E-state index contributed by atoms with van der Waals surface area (Å²) in [6.07, 6.45) is 3.43. The Labute approximate surface area is 89.2 Å². The van der Waals surface area contributed by atoms with Crippen LogP contribution in [0.4, 0.5) is 4.79 Å². The lowest BCUT2D eigenvalue weighted by Crippen LogP contribution is -2.56. The number of aliphatic carboxylic acids is 1. The van der Waals surface area contributed by atoms with E-state index in [0.717, 1.165) is 19.3 Å². The molecule has 0 aromatic rings. The van der Waals surface area contributed by atoms with E-state index in [1.807, 2.05) is 6.92 Å². The molecule has 2 amide bonds. The fourth-order valence-corrected chi connectivity index (χ4v) is 1.64. The first kappa shape index (κ1) is 11.8. The highest BCUT2D eigenvalue weighted by molar-refractivity contribution is 5.82. The van der Waals surface area contributed by atoms with Crippen LogP contribution in [0.25, 0.3) is 0 Å². The molecule has 0 aliphatic heterocycles. The maximum atomic E-state index is 11.4. The lowest BCUT2D eigenvalue weighted by Gasteiger charge is -2.39. The zero-order valence-electron chi connectivity index (χ0n) is 9.17. The van der Waals surface area contributed by atoms with Crippen LogP contribution in [-0.4, -0.2) is 28.7 Å². The summed E-state index contributed by atoms with van der Waals surface area (Å²) in [5.74, 6) is -0.994. The SMILES string of the molecule is CCC(NC(=O)NC1(C)CCC1)C(=O)O. The molecule has 15 heavy (non-hydrogen) atoms. The molecule has 0 aromatic heterocycles. The molecule has 1 rings (SSSR count). The fraction of sp³-hybridized carbons (Fsp3) is 0.800. The molecule has 0 bridgehead atoms. The minimum Gasteiger partial charge on any atom is -0.480 e. The summed E-state index contributed by atoms with van der Waals surface area (Å²) in [6, 6.07) is -1.18. The fourth-order valence-electron chi connectivity index (χ4n) is 1.64. The van der Waals surface area contributed by atoms with E-state index >= 15 is 0 Å². The smallest absolute Gasteiger partial charge is 0.326 e. The lowest BCUT2D eigenvalue weighted by atomic mass is 9.79. The molecule has 1 fully saturated rings. The molecule has 3 N–H and O–H groups in total. The van der Waals surface area contributed by atoms with E-state index < -0.39 is 12.0 Å². The summed E-state index contributed by atoms with van der Waals surface area (Å²) < 4.78 is 0. The summed E-state index contributed by atoms with van der Waals surface area (Å²) in [5, 5.41) is 14.0. The van der Waals surface area contributed by atoms with Crippen LogP contribution < -0.4 is 10.6 Å². The van der Waals surface area contributed by atoms with Gasteiger partial charge in [-0.15, -0.1) is 0 Å². The van der Waals surface area contributed by atoms with Gasteiger partial charge >= 0.3 is 12.0 Å². The molecule has 0 radical (unpaired) electrons. The number of carboxylic acid groups (broad SMARTS) is 1. The van der Waals surface area contributed by atoms with Crippen molar-refractivity contribution in [2.45, 2.75) is 51.1 Å². The monoisotopic (exact) mass is 214 g/mol. The number of amides is 2. The Morgan fingerprint density at radius 3 is 2.40 bits per heavy atom. The Kier molecular flexibility index (Phi) is 3.55. The van der Waals surface area contributed by atoms with Crippen molar-refractivity contribution in [1.82, 2.24) is 10.6 Å². The van der Waals surface area contributed by atoms with E-state index in [0.29, 0.717) is 6.42 Å². The van der Waals surface area contributed by atoms with Gasteiger partial charge in [0.2, 0.25) is 0 Å². The number of hydrogen-bond donors (Lipinski definition) is 3. The van der Waals surface area contributed by atoms with Gasteiger partial charge in [-0.05, 0) is 32.6 Å². The largest absolute Gasteiger partial charge is 0.480 e. The highest BCUT2D eigenvalue weighted by Gasteiger charge is 2.33. The van der Waals surface area contributed by atoms with Crippen molar-refractivity contribution in [3.63, 3.8) is 0 Å². The third-order valence-electron chi connectivity index (χ3n) is 2.88. The van der Waals surface area contributed by atoms with Crippen LogP contribution in [-0.2, 0) is 4.79 Å². The number of nitrogens with one attached hydrogen (secondary N) is 2. The lowest BCUT2D eigenvalue weighted by molar-refractivity contribution is -0.139. The van der Waals surface area contributed by atoms with Crippen molar-refractivity contribution in [3.8, 4) is 0 Å². The number of rotatable bonds is 4. The molecule has 1 saturated carbocycles. The van der Waals surface area contributed by atoms with Crippen LogP contribution in [0.2, 0.25) is 0 Å². The first-order valence-electron chi connectivity index (χ1n) is 5.28. The number of hydrogen-bond acceptors (Lipinski definition) is 2. The molecule has 0 spiro atoms. The number of urea groups is 1. The molecule has 1 unspecified atom stereocenters. The Balaban J connectivity index is 2.37. The van der Waals surface area contributed by atoms with Gasteiger partial charge in [-0.2, -0.15) is 0 Å². The number of carbonyl (C=O) groups excluding carboxylic acids is 1. The Morgan fingerprint density at radius 1 is 1.47 bits per heavy atom. The highest BCUT2D eigenvalue weighted by Crippen LogP contribution is 2.30. The van der Waals surface area contributed by atoms with Crippen LogP contribution >= 0.6 is 0 Å². The van der Waals surface area contributed by atoms with E-state index in [9.17, 15) is 9.59 Å². The number of carbonyl (C=O) groups is 2. The van der Waals surface area contributed by atoms with E-state index in [2.05, 4.69) is 10.6 Å². The first-order valence-corrected chi connectivity index (χ1v) is 5.28. The average Bonchev–Trinajstić information content (AvgIpc) is 2.11. The standard InChI is InChI=1S/C10H18N2O3/c1-3-7(8(13)14)11-9(15)12-10(2)5-4-6-10/h7H,3-6H2,1-2H3,(H,13,14)(H2,11,12,15). The van der Waals surface area contributed by atoms with Crippen molar-refractivity contribution in [2.75, 3.05) is 0 Å². The normalized spacial score (nSPS) is 19.9. The third kappa shape index (κ3) is 3.11. The van der Waals surface area contributed by atoms with E-state index in [1.54, 1.807) is 6.92 Å². The molecule has 1 aliphatic rings. The third-order valence-corrected chi connectivity index (χ3v) is 2.88. The van der Waals surface area contributed by atoms with Crippen LogP contribution in [0.5, 0.6) is 0 Å². The van der Waals surface area contributed by atoms with E-state index in [1.165, 1.54) is 0 Å². The molecule has 0 aromatic carbocycles. The van der Waals surface area contributed by atoms with Gasteiger partial charge in [-0.3, -0.25) is 0 Å². The van der Waals surface area contributed by atoms with Crippen molar-refractivity contribution >= 4 is 12.0 Å². The zero-order valence-corrected chi connectivity index (χ0v) is 9.17. The van der Waals surface area contributed by atoms with Gasteiger partial charge in [-0.1, -0.05) is 6.92 Å². The van der Waals surface area contributed by atoms with Crippen molar-refractivity contribution in [2.24, 2.45) is 0 Å². The summed E-state index contributed by atoms with van der Waals surface area (Å²) in [6.45, 7) is 3.70. The molecule has 1 atom stereocenters. The zero-order chi connectivity index (χ0) is 11.5. The Bertz CT molecular complexity index is 261. The highest BCUT2D eigenvalue weighted by atomic mass is 16.4. The second-order valence-electron chi connectivity index (χ2n) is 4.31. The Morgan fingerprint density at radius 2 is 2.07 bits per heavy atom. The van der Waals surface area contributed by atoms with Gasteiger partial charge in [0.05, 0.1) is 0 Å². The van der Waals surface area contributed by atoms with E-state index in [4.69, 9.17) is 5.11 Å². The van der Waals surface area contributed by atoms with Gasteiger partial charge in [-0.25, -0.2) is 9.59 Å². The maximum absolute atomic E-state index is 11.4. The molecule has 0 heterocycles. The van der Waals surface area contributed by atoms with Crippen molar-refractivity contribution in [1.29, 1.82) is 0 Å². The van der Waals surface area contributed by atoms with Gasteiger partial charge in [0, 0.05) is 5.54 Å². The molecule has 5 nitrogen and oxygen atoms in total. The summed E-state index contributed by atoms with van der Waals surface area (Å²) in [7, 11) is 0. The van der Waals surface area contributed by atoms with Gasteiger partial charge in [0.25, 0.3) is 0 Å². The number of carboxylic acids is 1. The first-order chi connectivity index (χ1) is 6.97. The summed E-state index contributed by atoms with van der Waals surface area (Å²) in [5.41, 5.74) is -0.138. The minimum atomic E-state index is -0.994. The van der Waals surface area contributed by atoms with Crippen LogP contribution in [0.1, 0.15) is 39.5 Å². The molecule has 86 valence electrons. The van der Waals surface area contributed by atoms with Crippen LogP contribution in [0, 0.1) is 0 Å². The quantitative estimate of drug-likeness (QED) is 0.655. The molecule has 5 heteroatoms. The molecular weight excluding hydrogens is 196 g/mol. The van der Waals surface area contributed by atoms with Crippen molar-refractivity contribution < 1.29 is 14.7 Å². The van der Waals surface area contributed by atoms with E-state index in [-0.39, 0.29) is 11.6 Å². The second kappa shape index (κ2) is 4.51. The molecule has 1 aliphatic carbocycles. The predicted octanol–water partition coefficient (Wildman–Crippen LogP) is 1.09. The van der Waals surface area contributed by atoms with Gasteiger partial charge in [0.1, 0.15) is 6.04 Å². The summed E-state index contributed by atoms with van der Waals surface area (Å²) >= 11 is 0. The van der Waals surface area contributed by atoms with Crippen molar-refractivity contribution in [3.05, 3.63) is 0 Å².